The number of benzene rings is 1. The Morgan fingerprint density at radius 2 is 1.96 bits per heavy atom. The topological polar surface area (TPSA) is 68.8 Å². The highest BCUT2D eigenvalue weighted by molar-refractivity contribution is 14.0. The summed E-state index contributed by atoms with van der Waals surface area (Å²) in [4.78, 5) is 18.7. The zero-order valence-electron chi connectivity index (χ0n) is 17.1. The van der Waals surface area contributed by atoms with Crippen molar-refractivity contribution in [1.82, 2.24) is 20.9 Å². The first-order chi connectivity index (χ1) is 12.4. The Kier molecular flexibility index (Phi) is 9.52. The van der Waals surface area contributed by atoms with Gasteiger partial charge in [0.25, 0.3) is 0 Å². The molecule has 3 N–H and O–H groups in total. The van der Waals surface area contributed by atoms with Gasteiger partial charge < -0.3 is 16.0 Å². The van der Waals surface area contributed by atoms with Crippen molar-refractivity contribution in [3.63, 3.8) is 0 Å². The Balaban J connectivity index is 0.00000364. The van der Waals surface area contributed by atoms with E-state index in [1.54, 1.807) is 14.1 Å². The van der Waals surface area contributed by atoms with Gasteiger partial charge in [-0.1, -0.05) is 30.3 Å². The van der Waals surface area contributed by atoms with Crippen LogP contribution in [0.2, 0.25) is 0 Å². The van der Waals surface area contributed by atoms with Gasteiger partial charge in [0.1, 0.15) is 0 Å². The van der Waals surface area contributed by atoms with Crippen LogP contribution in [0.15, 0.2) is 35.3 Å². The first-order valence-corrected chi connectivity index (χ1v) is 9.33. The quantitative estimate of drug-likeness (QED) is 0.327. The molecular formula is C20H34IN5O. The second-order valence-electron chi connectivity index (χ2n) is 7.73. The predicted octanol–water partition coefficient (Wildman–Crippen LogP) is 2.20. The normalized spacial score (nSPS) is 20.7. The minimum Gasteiger partial charge on any atom is -0.359 e. The lowest BCUT2D eigenvalue weighted by Gasteiger charge is -2.25. The number of aliphatic imine (C=N–C) groups is 1. The zero-order chi connectivity index (χ0) is 19.2. The molecule has 0 spiro atoms. The summed E-state index contributed by atoms with van der Waals surface area (Å²) < 4.78 is 0. The van der Waals surface area contributed by atoms with Gasteiger partial charge in [-0.2, -0.15) is 0 Å². The number of guanidine groups is 1. The summed E-state index contributed by atoms with van der Waals surface area (Å²) in [5.74, 6) is 0.768. The third-order valence-electron chi connectivity index (χ3n) is 5.04. The number of halogens is 1. The van der Waals surface area contributed by atoms with Gasteiger partial charge in [-0.15, -0.1) is 24.0 Å². The number of likely N-dealkylation sites (tertiary alicyclic amines) is 1. The van der Waals surface area contributed by atoms with Gasteiger partial charge in [0.05, 0.1) is 5.41 Å². The van der Waals surface area contributed by atoms with Crippen molar-refractivity contribution in [2.24, 2.45) is 10.4 Å². The zero-order valence-corrected chi connectivity index (χ0v) is 19.4. The molecule has 1 aliphatic rings. The lowest BCUT2D eigenvalue weighted by molar-refractivity contribution is -0.128. The fraction of sp³-hybridized carbons (Fsp3) is 0.600. The lowest BCUT2D eigenvalue weighted by atomic mass is 9.92. The molecule has 152 valence electrons. The van der Waals surface area contributed by atoms with Crippen molar-refractivity contribution in [2.45, 2.75) is 45.8 Å². The molecule has 0 saturated carbocycles. The summed E-state index contributed by atoms with van der Waals surface area (Å²) in [6.45, 7) is 8.60. The summed E-state index contributed by atoms with van der Waals surface area (Å²) in [6, 6.07) is 11.5. The van der Waals surface area contributed by atoms with Crippen LogP contribution in [0, 0.1) is 5.41 Å². The third-order valence-corrected chi connectivity index (χ3v) is 5.04. The Labute approximate surface area is 180 Å². The van der Waals surface area contributed by atoms with Crippen LogP contribution >= 0.6 is 24.0 Å². The van der Waals surface area contributed by atoms with E-state index in [0.717, 1.165) is 25.5 Å². The van der Waals surface area contributed by atoms with E-state index >= 15 is 0 Å². The minimum atomic E-state index is -0.491. The maximum Gasteiger partial charge on any atom is 0.227 e. The van der Waals surface area contributed by atoms with Gasteiger partial charge in [-0.25, -0.2) is 0 Å². The molecule has 2 rings (SSSR count). The maximum atomic E-state index is 11.9. The SMILES string of the molecule is CN=C(NCC(C)(C)C(=O)NC)NC1CC(C)N(Cc2ccccc2)C1.I. The number of amides is 1. The Hall–Kier alpha value is -1.35. The summed E-state index contributed by atoms with van der Waals surface area (Å²) in [6.07, 6.45) is 1.08. The molecule has 0 aliphatic carbocycles. The van der Waals surface area contributed by atoms with Crippen molar-refractivity contribution >= 4 is 35.8 Å². The monoisotopic (exact) mass is 487 g/mol. The number of nitrogens with zero attached hydrogens (tertiary/aromatic N) is 2. The van der Waals surface area contributed by atoms with Crippen LogP contribution in [-0.2, 0) is 11.3 Å². The second kappa shape index (κ2) is 10.8. The number of carbonyl (C=O) groups is 1. The molecule has 27 heavy (non-hydrogen) atoms. The number of hydrogen-bond donors (Lipinski definition) is 3. The standard InChI is InChI=1S/C20H33N5O.HI/c1-15-11-17(13-25(15)12-16-9-7-6-8-10-16)24-19(22-5)23-14-20(2,3)18(26)21-4;/h6-10,15,17H,11-14H2,1-5H3,(H,21,26)(H2,22,23,24);1H. The number of nitrogens with one attached hydrogen (secondary N) is 3. The van der Waals surface area contributed by atoms with Gasteiger partial charge in [-0.3, -0.25) is 14.7 Å². The Morgan fingerprint density at radius 3 is 2.56 bits per heavy atom. The van der Waals surface area contributed by atoms with Crippen LogP contribution < -0.4 is 16.0 Å². The number of rotatable bonds is 6. The third kappa shape index (κ3) is 6.95. The van der Waals surface area contributed by atoms with Crippen LogP contribution in [0.3, 0.4) is 0 Å². The highest BCUT2D eigenvalue weighted by atomic mass is 127. The van der Waals surface area contributed by atoms with Crippen molar-refractivity contribution in [2.75, 3.05) is 27.2 Å². The molecule has 1 aromatic rings. The molecule has 1 aliphatic heterocycles. The predicted molar refractivity (Wildman–Crippen MR) is 122 cm³/mol. The van der Waals surface area contributed by atoms with E-state index in [4.69, 9.17) is 0 Å². The average Bonchev–Trinajstić information content (AvgIpc) is 2.97. The molecule has 7 heteroatoms. The summed E-state index contributed by atoms with van der Waals surface area (Å²) >= 11 is 0. The van der Waals surface area contributed by atoms with E-state index in [0.29, 0.717) is 18.6 Å². The van der Waals surface area contributed by atoms with E-state index in [-0.39, 0.29) is 29.9 Å². The summed E-state index contributed by atoms with van der Waals surface area (Å²) in [5.41, 5.74) is 0.851. The molecule has 1 heterocycles. The lowest BCUT2D eigenvalue weighted by Crippen LogP contribution is -2.49. The van der Waals surface area contributed by atoms with Crippen LogP contribution in [0.4, 0.5) is 0 Å². The second-order valence-corrected chi connectivity index (χ2v) is 7.73. The molecule has 1 aromatic carbocycles. The average molecular weight is 487 g/mol. The molecular weight excluding hydrogens is 453 g/mol. The first kappa shape index (κ1) is 23.7. The number of carbonyl (C=O) groups excluding carboxylic acids is 1. The van der Waals surface area contributed by atoms with Crippen LogP contribution in [0.1, 0.15) is 32.8 Å². The van der Waals surface area contributed by atoms with E-state index in [9.17, 15) is 4.79 Å². The Bertz CT molecular complexity index is 620. The molecule has 0 radical (unpaired) electrons. The molecule has 2 atom stereocenters. The molecule has 1 saturated heterocycles. The molecule has 1 fully saturated rings. The smallest absolute Gasteiger partial charge is 0.227 e. The van der Waals surface area contributed by atoms with Crippen LogP contribution in [-0.4, -0.2) is 56.0 Å². The Morgan fingerprint density at radius 1 is 1.30 bits per heavy atom. The van der Waals surface area contributed by atoms with Crippen molar-refractivity contribution in [3.05, 3.63) is 35.9 Å². The molecule has 2 unspecified atom stereocenters. The van der Waals surface area contributed by atoms with Crippen molar-refractivity contribution in [3.8, 4) is 0 Å². The van der Waals surface area contributed by atoms with Gasteiger partial charge in [0, 0.05) is 45.8 Å². The number of hydrogen-bond acceptors (Lipinski definition) is 3. The molecule has 6 nitrogen and oxygen atoms in total. The highest BCUT2D eigenvalue weighted by Gasteiger charge is 2.30. The van der Waals surface area contributed by atoms with Crippen LogP contribution in [0.5, 0.6) is 0 Å². The fourth-order valence-electron chi connectivity index (χ4n) is 3.35. The largest absolute Gasteiger partial charge is 0.359 e. The van der Waals surface area contributed by atoms with E-state index < -0.39 is 5.41 Å². The van der Waals surface area contributed by atoms with Gasteiger partial charge >= 0.3 is 0 Å². The fourth-order valence-corrected chi connectivity index (χ4v) is 3.35. The van der Waals surface area contributed by atoms with E-state index in [1.165, 1.54) is 5.56 Å². The molecule has 0 bridgehead atoms. The van der Waals surface area contributed by atoms with Crippen molar-refractivity contribution < 1.29 is 4.79 Å². The van der Waals surface area contributed by atoms with E-state index in [1.807, 2.05) is 13.8 Å². The van der Waals surface area contributed by atoms with Gasteiger partial charge in [-0.05, 0) is 32.8 Å². The minimum absolute atomic E-state index is 0. The van der Waals surface area contributed by atoms with Crippen molar-refractivity contribution in [1.29, 1.82) is 0 Å². The highest BCUT2D eigenvalue weighted by Crippen LogP contribution is 2.20. The van der Waals surface area contributed by atoms with Gasteiger partial charge in [0.2, 0.25) is 5.91 Å². The maximum absolute atomic E-state index is 11.9. The van der Waals surface area contributed by atoms with E-state index in [2.05, 4.69) is 63.1 Å². The molecule has 1 amide bonds. The van der Waals surface area contributed by atoms with Gasteiger partial charge in [0.15, 0.2) is 5.96 Å². The summed E-state index contributed by atoms with van der Waals surface area (Å²) in [5, 5.41) is 9.51. The first-order valence-electron chi connectivity index (χ1n) is 9.33. The summed E-state index contributed by atoms with van der Waals surface area (Å²) in [7, 11) is 3.43. The van der Waals surface area contributed by atoms with Crippen LogP contribution in [0.25, 0.3) is 0 Å². The molecule has 0 aromatic heterocycles.